The third-order valence-electron chi connectivity index (χ3n) is 4.99. The van der Waals surface area contributed by atoms with E-state index in [0.29, 0.717) is 18.0 Å². The zero-order valence-electron chi connectivity index (χ0n) is 11.6. The van der Waals surface area contributed by atoms with E-state index in [1.165, 1.54) is 45.4 Å². The van der Waals surface area contributed by atoms with E-state index in [4.69, 9.17) is 5.73 Å². The van der Waals surface area contributed by atoms with Crippen molar-refractivity contribution in [3.8, 4) is 0 Å². The minimum Gasteiger partial charge on any atom is -0.324 e. The number of hydrogen-bond donors (Lipinski definition) is 1. The largest absolute Gasteiger partial charge is 0.324 e. The second kappa shape index (κ2) is 5.32. The molecule has 2 aliphatic heterocycles. The van der Waals surface area contributed by atoms with Crippen LogP contribution in [0.3, 0.4) is 0 Å². The van der Waals surface area contributed by atoms with Crippen LogP contribution in [0.15, 0.2) is 12.2 Å². The first-order valence-electron chi connectivity index (χ1n) is 7.64. The third-order valence-corrected chi connectivity index (χ3v) is 4.99. The van der Waals surface area contributed by atoms with Gasteiger partial charge >= 0.3 is 0 Å². The number of piperidine rings is 1. The van der Waals surface area contributed by atoms with Crippen LogP contribution in [-0.2, 0) is 0 Å². The average molecular weight is 249 g/mol. The molecule has 3 nitrogen and oxygen atoms in total. The predicted octanol–water partition coefficient (Wildman–Crippen LogP) is 1.45. The summed E-state index contributed by atoms with van der Waals surface area (Å²) >= 11 is 0. The Hall–Kier alpha value is -0.380. The Morgan fingerprint density at radius 2 is 2.11 bits per heavy atom. The second-order valence-corrected chi connectivity index (χ2v) is 6.49. The first kappa shape index (κ1) is 12.6. The van der Waals surface area contributed by atoms with Crippen LogP contribution in [0.1, 0.15) is 32.6 Å². The van der Waals surface area contributed by atoms with Gasteiger partial charge in [-0.1, -0.05) is 18.6 Å². The normalized spacial score (nSPS) is 42.1. The summed E-state index contributed by atoms with van der Waals surface area (Å²) in [7, 11) is 0. The van der Waals surface area contributed by atoms with Crippen molar-refractivity contribution in [1.82, 2.24) is 9.80 Å². The lowest BCUT2D eigenvalue weighted by Crippen LogP contribution is -2.59. The molecular weight excluding hydrogens is 222 g/mol. The molecule has 4 atom stereocenters. The van der Waals surface area contributed by atoms with Gasteiger partial charge in [0.15, 0.2) is 0 Å². The van der Waals surface area contributed by atoms with Gasteiger partial charge in [-0.05, 0) is 38.6 Å². The Morgan fingerprint density at radius 3 is 2.89 bits per heavy atom. The summed E-state index contributed by atoms with van der Waals surface area (Å²) in [6.07, 6.45) is 9.92. The Bertz CT molecular complexity index is 315. The molecule has 3 aliphatic rings. The van der Waals surface area contributed by atoms with Gasteiger partial charge in [0.1, 0.15) is 0 Å². The van der Waals surface area contributed by atoms with Crippen molar-refractivity contribution in [3.05, 3.63) is 12.2 Å². The Kier molecular flexibility index (Phi) is 3.73. The van der Waals surface area contributed by atoms with E-state index in [9.17, 15) is 0 Å². The fourth-order valence-electron chi connectivity index (χ4n) is 3.91. The highest BCUT2D eigenvalue weighted by molar-refractivity contribution is 5.06. The van der Waals surface area contributed by atoms with Crippen LogP contribution in [0.2, 0.25) is 0 Å². The van der Waals surface area contributed by atoms with E-state index in [0.717, 1.165) is 12.5 Å². The molecule has 0 aromatic carbocycles. The molecule has 0 amide bonds. The predicted molar refractivity (Wildman–Crippen MR) is 75.5 cm³/mol. The Labute approximate surface area is 111 Å². The zero-order chi connectivity index (χ0) is 12.5. The molecule has 0 aromatic heterocycles. The van der Waals surface area contributed by atoms with Crippen LogP contribution in [0, 0.1) is 5.92 Å². The van der Waals surface area contributed by atoms with Crippen molar-refractivity contribution in [2.75, 3.05) is 26.2 Å². The average Bonchev–Trinajstić information content (AvgIpc) is 2.76. The van der Waals surface area contributed by atoms with Crippen LogP contribution >= 0.6 is 0 Å². The van der Waals surface area contributed by atoms with E-state index in [2.05, 4.69) is 28.9 Å². The maximum atomic E-state index is 5.96. The maximum Gasteiger partial charge on any atom is 0.0229 e. The second-order valence-electron chi connectivity index (χ2n) is 6.49. The van der Waals surface area contributed by atoms with Crippen LogP contribution in [0.4, 0.5) is 0 Å². The quantitative estimate of drug-likeness (QED) is 0.752. The number of rotatable bonds is 2. The standard InChI is InChI=1S/C15H27N3/c1-12-9-17-7-3-2-4-15(17)11-18(12)10-13-5-6-14(16)8-13/h5-6,12-15H,2-4,7-11,16H2,1H3. The van der Waals surface area contributed by atoms with Crippen molar-refractivity contribution in [2.45, 2.75) is 50.7 Å². The highest BCUT2D eigenvalue weighted by Gasteiger charge is 2.33. The first-order chi connectivity index (χ1) is 8.72. The molecule has 0 saturated carbocycles. The molecule has 3 rings (SSSR count). The third kappa shape index (κ3) is 2.63. The van der Waals surface area contributed by atoms with E-state index in [1.807, 2.05) is 0 Å². The van der Waals surface area contributed by atoms with E-state index < -0.39 is 0 Å². The smallest absolute Gasteiger partial charge is 0.0229 e. The van der Waals surface area contributed by atoms with Crippen LogP contribution in [-0.4, -0.2) is 54.1 Å². The van der Waals surface area contributed by atoms with E-state index in [-0.39, 0.29) is 0 Å². The van der Waals surface area contributed by atoms with Gasteiger partial charge < -0.3 is 5.73 Å². The SMILES string of the molecule is CC1CN2CCCCC2CN1CC1C=CC(N)C1. The summed E-state index contributed by atoms with van der Waals surface area (Å²) in [4.78, 5) is 5.43. The van der Waals surface area contributed by atoms with Crippen LogP contribution in [0.5, 0.6) is 0 Å². The summed E-state index contributed by atoms with van der Waals surface area (Å²) in [5.41, 5.74) is 5.96. The molecule has 0 bridgehead atoms. The van der Waals surface area contributed by atoms with Gasteiger partial charge in [0.2, 0.25) is 0 Å². The number of hydrogen-bond acceptors (Lipinski definition) is 3. The molecule has 3 heteroatoms. The van der Waals surface area contributed by atoms with Crippen molar-refractivity contribution >= 4 is 0 Å². The molecule has 0 spiro atoms. The van der Waals surface area contributed by atoms with Crippen molar-refractivity contribution in [3.63, 3.8) is 0 Å². The monoisotopic (exact) mass is 249 g/mol. The van der Waals surface area contributed by atoms with Gasteiger partial charge in [-0.15, -0.1) is 0 Å². The van der Waals surface area contributed by atoms with Gasteiger partial charge in [0, 0.05) is 37.8 Å². The lowest BCUT2D eigenvalue weighted by molar-refractivity contribution is 0.0104. The van der Waals surface area contributed by atoms with Gasteiger partial charge in [0.25, 0.3) is 0 Å². The Balaban J connectivity index is 1.57. The summed E-state index contributed by atoms with van der Waals surface area (Å²) in [5, 5.41) is 0. The molecule has 18 heavy (non-hydrogen) atoms. The van der Waals surface area contributed by atoms with Crippen LogP contribution in [0.25, 0.3) is 0 Å². The molecule has 1 aliphatic carbocycles. The topological polar surface area (TPSA) is 32.5 Å². The summed E-state index contributed by atoms with van der Waals surface area (Å²) in [6, 6.07) is 1.85. The number of nitrogens with two attached hydrogens (primary N) is 1. The van der Waals surface area contributed by atoms with E-state index in [1.54, 1.807) is 0 Å². The van der Waals surface area contributed by atoms with Crippen molar-refractivity contribution < 1.29 is 0 Å². The van der Waals surface area contributed by atoms with Crippen molar-refractivity contribution in [2.24, 2.45) is 11.7 Å². The number of fused-ring (bicyclic) bond motifs is 1. The molecule has 2 saturated heterocycles. The molecule has 2 N–H and O–H groups in total. The highest BCUT2D eigenvalue weighted by atomic mass is 15.3. The number of piperazine rings is 1. The zero-order valence-corrected chi connectivity index (χ0v) is 11.6. The summed E-state index contributed by atoms with van der Waals surface area (Å²) in [6.45, 7) is 7.49. The van der Waals surface area contributed by atoms with Gasteiger partial charge in [-0.3, -0.25) is 9.80 Å². The van der Waals surface area contributed by atoms with Gasteiger partial charge in [0.05, 0.1) is 0 Å². The number of nitrogens with zero attached hydrogens (tertiary/aromatic N) is 2. The minimum absolute atomic E-state index is 0.307. The molecule has 2 heterocycles. The Morgan fingerprint density at radius 1 is 1.22 bits per heavy atom. The molecule has 0 radical (unpaired) electrons. The maximum absolute atomic E-state index is 5.96. The van der Waals surface area contributed by atoms with Crippen LogP contribution < -0.4 is 5.73 Å². The highest BCUT2D eigenvalue weighted by Crippen LogP contribution is 2.26. The van der Waals surface area contributed by atoms with Crippen molar-refractivity contribution in [1.29, 1.82) is 0 Å². The lowest BCUT2D eigenvalue weighted by atomic mass is 9.96. The first-order valence-corrected chi connectivity index (χ1v) is 7.64. The molecule has 102 valence electrons. The molecular formula is C15H27N3. The summed E-state index contributed by atoms with van der Waals surface area (Å²) in [5.74, 6) is 0.692. The molecule has 4 unspecified atom stereocenters. The molecule has 2 fully saturated rings. The van der Waals surface area contributed by atoms with E-state index >= 15 is 0 Å². The van der Waals surface area contributed by atoms with Gasteiger partial charge in [-0.25, -0.2) is 0 Å². The summed E-state index contributed by atoms with van der Waals surface area (Å²) < 4.78 is 0. The van der Waals surface area contributed by atoms with Gasteiger partial charge in [-0.2, -0.15) is 0 Å². The molecule has 0 aromatic rings. The lowest BCUT2D eigenvalue weighted by Gasteiger charge is -2.48. The minimum atomic E-state index is 0.307. The fourth-order valence-corrected chi connectivity index (χ4v) is 3.91. The fraction of sp³-hybridized carbons (Fsp3) is 0.867.